The van der Waals surface area contributed by atoms with Gasteiger partial charge in [-0.15, -0.1) is 0 Å². The normalized spacial score (nSPS) is 26.4. The second-order valence-corrected chi connectivity index (χ2v) is 7.51. The first kappa shape index (κ1) is 16.1. The third-order valence-electron chi connectivity index (χ3n) is 5.88. The highest BCUT2D eigenvalue weighted by molar-refractivity contribution is 5.99. The summed E-state index contributed by atoms with van der Waals surface area (Å²) in [6.45, 7) is 3.59. The van der Waals surface area contributed by atoms with Crippen molar-refractivity contribution in [2.75, 3.05) is 39.9 Å². The van der Waals surface area contributed by atoms with Crippen LogP contribution in [0.25, 0.3) is 16.5 Å². The first-order valence-corrected chi connectivity index (χ1v) is 9.35. The van der Waals surface area contributed by atoms with E-state index >= 15 is 0 Å². The molecule has 3 aliphatic rings. The molecule has 26 heavy (non-hydrogen) atoms. The fourth-order valence-corrected chi connectivity index (χ4v) is 4.53. The zero-order valence-electron chi connectivity index (χ0n) is 15.0. The lowest BCUT2D eigenvalue weighted by Gasteiger charge is -2.40. The molecular weight excluding hydrogens is 328 g/mol. The maximum atomic E-state index is 12.9. The Bertz CT molecular complexity index is 881. The predicted molar refractivity (Wildman–Crippen MR) is 100 cm³/mol. The van der Waals surface area contributed by atoms with Gasteiger partial charge in [0, 0.05) is 42.8 Å². The Hall–Kier alpha value is -2.15. The lowest BCUT2D eigenvalue weighted by Crippen LogP contribution is -2.53. The van der Waals surface area contributed by atoms with Crippen LogP contribution in [0.3, 0.4) is 0 Å². The van der Waals surface area contributed by atoms with E-state index in [9.17, 15) is 4.79 Å². The number of hydrogen-bond acceptors (Lipinski definition) is 4. The van der Waals surface area contributed by atoms with Crippen LogP contribution in [0, 0.1) is 5.92 Å². The number of nitrogens with zero attached hydrogens (tertiary/aromatic N) is 2. The van der Waals surface area contributed by atoms with Gasteiger partial charge in [0.05, 0.1) is 19.1 Å². The molecule has 2 aliphatic heterocycles. The third-order valence-corrected chi connectivity index (χ3v) is 5.88. The van der Waals surface area contributed by atoms with Gasteiger partial charge in [0.15, 0.2) is 0 Å². The number of benzene rings is 1. The van der Waals surface area contributed by atoms with Crippen molar-refractivity contribution in [2.24, 2.45) is 5.92 Å². The number of fused-ring (bicyclic) bond motifs is 2. The summed E-state index contributed by atoms with van der Waals surface area (Å²) in [6.07, 6.45) is 5.33. The zero-order chi connectivity index (χ0) is 17.7. The number of carbonyl (C=O) groups excluding carboxylic acids is 1. The molecule has 1 fully saturated rings. The number of nitrogens with one attached hydrogen (secondary N) is 2. The zero-order valence-corrected chi connectivity index (χ0v) is 15.0. The Labute approximate surface area is 152 Å². The average molecular weight is 352 g/mol. The second-order valence-electron chi connectivity index (χ2n) is 7.51. The minimum Gasteiger partial charge on any atom is -0.379 e. The summed E-state index contributed by atoms with van der Waals surface area (Å²) in [6, 6.07) is 6.75. The first-order valence-electron chi connectivity index (χ1n) is 9.35. The van der Waals surface area contributed by atoms with Crippen LogP contribution in [0.4, 0.5) is 0 Å². The van der Waals surface area contributed by atoms with E-state index < -0.39 is 0 Å². The minimum absolute atomic E-state index is 0.0803. The van der Waals surface area contributed by atoms with Crippen molar-refractivity contribution in [3.63, 3.8) is 0 Å². The molecule has 1 amide bonds. The molecule has 0 spiro atoms. The molecule has 6 heteroatoms. The number of amides is 1. The number of ether oxygens (including phenoxy) is 1. The average Bonchev–Trinajstić information content (AvgIpc) is 3.08. The van der Waals surface area contributed by atoms with Crippen LogP contribution >= 0.6 is 0 Å². The molecule has 0 bridgehead atoms. The molecule has 0 unspecified atom stereocenters. The van der Waals surface area contributed by atoms with Gasteiger partial charge in [-0.25, -0.2) is 5.01 Å². The van der Waals surface area contributed by atoms with Gasteiger partial charge >= 0.3 is 0 Å². The van der Waals surface area contributed by atoms with Crippen molar-refractivity contribution in [3.05, 3.63) is 41.6 Å². The van der Waals surface area contributed by atoms with Gasteiger partial charge in [-0.2, -0.15) is 0 Å². The topological polar surface area (TPSA) is 60.6 Å². The number of likely N-dealkylation sites (N-methyl/N-ethyl adjacent to an activating group) is 1. The second kappa shape index (κ2) is 6.23. The number of carbonyl (C=O) groups is 1. The molecule has 1 saturated heterocycles. The van der Waals surface area contributed by atoms with Crippen LogP contribution in [0.1, 0.15) is 11.1 Å². The maximum Gasteiger partial charge on any atom is 0.242 e. The van der Waals surface area contributed by atoms with E-state index in [2.05, 4.69) is 52.8 Å². The maximum absolute atomic E-state index is 12.9. The van der Waals surface area contributed by atoms with Gasteiger partial charge in [0.25, 0.3) is 0 Å². The summed E-state index contributed by atoms with van der Waals surface area (Å²) in [4.78, 5) is 18.6. The number of hydrazine groups is 1. The van der Waals surface area contributed by atoms with Crippen LogP contribution in [0.5, 0.6) is 0 Å². The summed E-state index contributed by atoms with van der Waals surface area (Å²) in [5, 5.41) is 3.29. The number of aromatic amines is 1. The van der Waals surface area contributed by atoms with E-state index in [-0.39, 0.29) is 11.8 Å². The molecule has 1 aromatic carbocycles. The van der Waals surface area contributed by atoms with Gasteiger partial charge in [-0.1, -0.05) is 18.2 Å². The number of aromatic nitrogens is 1. The third kappa shape index (κ3) is 2.57. The summed E-state index contributed by atoms with van der Waals surface area (Å²) in [5.74, 6) is -0.0541. The monoisotopic (exact) mass is 352 g/mol. The molecular formula is C20H24N4O2. The molecule has 2 aromatic rings. The smallest absolute Gasteiger partial charge is 0.242 e. The lowest BCUT2D eigenvalue weighted by molar-refractivity contribution is -0.131. The van der Waals surface area contributed by atoms with E-state index in [1.54, 1.807) is 0 Å². The van der Waals surface area contributed by atoms with E-state index in [1.807, 2.05) is 5.01 Å². The quantitative estimate of drug-likeness (QED) is 0.858. The van der Waals surface area contributed by atoms with Crippen LogP contribution in [0.15, 0.2) is 30.5 Å². The van der Waals surface area contributed by atoms with Gasteiger partial charge in [0.2, 0.25) is 5.91 Å². The van der Waals surface area contributed by atoms with Gasteiger partial charge < -0.3 is 9.72 Å². The van der Waals surface area contributed by atoms with Gasteiger partial charge in [-0.3, -0.25) is 15.1 Å². The highest BCUT2D eigenvalue weighted by Crippen LogP contribution is 2.40. The van der Waals surface area contributed by atoms with Crippen LogP contribution in [-0.4, -0.2) is 66.7 Å². The standard InChI is InChI=1S/C20H24N4O2/c1-23-12-14(20(25)22-24-5-7-26-8-6-24)9-16-15-3-2-4-17-19(15)13(11-21-17)10-18(16)23/h2-4,9,11,14,18,21H,5-8,10,12H2,1H3,(H,22,25)/t14-,18-/m1/s1. The van der Waals surface area contributed by atoms with Crippen molar-refractivity contribution in [3.8, 4) is 0 Å². The van der Waals surface area contributed by atoms with E-state index in [1.165, 1.54) is 27.6 Å². The van der Waals surface area contributed by atoms with E-state index in [0.717, 1.165) is 26.1 Å². The molecule has 1 aliphatic carbocycles. The predicted octanol–water partition coefficient (Wildman–Crippen LogP) is 1.40. The van der Waals surface area contributed by atoms with Crippen molar-refractivity contribution in [2.45, 2.75) is 12.5 Å². The Morgan fingerprint density at radius 2 is 2.15 bits per heavy atom. The highest BCUT2D eigenvalue weighted by Gasteiger charge is 2.35. The summed E-state index contributed by atoms with van der Waals surface area (Å²) >= 11 is 0. The summed E-state index contributed by atoms with van der Waals surface area (Å²) in [7, 11) is 2.13. The van der Waals surface area contributed by atoms with Crippen LogP contribution in [-0.2, 0) is 16.0 Å². The van der Waals surface area contributed by atoms with Crippen molar-refractivity contribution in [1.82, 2.24) is 20.3 Å². The molecule has 1 aromatic heterocycles. The van der Waals surface area contributed by atoms with Crippen LogP contribution < -0.4 is 5.43 Å². The number of H-pyrrole nitrogens is 1. The fourth-order valence-electron chi connectivity index (χ4n) is 4.53. The van der Waals surface area contributed by atoms with E-state index in [4.69, 9.17) is 4.74 Å². The molecule has 3 heterocycles. The highest BCUT2D eigenvalue weighted by atomic mass is 16.5. The minimum atomic E-state index is -0.134. The van der Waals surface area contributed by atoms with Gasteiger partial charge in [0.1, 0.15) is 0 Å². The molecule has 136 valence electrons. The Morgan fingerprint density at radius 1 is 1.31 bits per heavy atom. The Kier molecular flexibility index (Phi) is 3.85. The van der Waals surface area contributed by atoms with Crippen molar-refractivity contribution < 1.29 is 9.53 Å². The first-order chi connectivity index (χ1) is 12.7. The molecule has 0 radical (unpaired) electrons. The summed E-state index contributed by atoms with van der Waals surface area (Å²) < 4.78 is 5.36. The summed E-state index contributed by atoms with van der Waals surface area (Å²) in [5.41, 5.74) is 8.20. The number of morpholine rings is 1. The number of rotatable bonds is 2. The van der Waals surface area contributed by atoms with Crippen molar-refractivity contribution in [1.29, 1.82) is 0 Å². The van der Waals surface area contributed by atoms with Gasteiger partial charge in [-0.05, 0) is 36.2 Å². The van der Waals surface area contributed by atoms with Crippen molar-refractivity contribution >= 4 is 22.4 Å². The molecule has 5 rings (SSSR count). The number of hydrogen-bond donors (Lipinski definition) is 2. The Morgan fingerprint density at radius 3 is 3.00 bits per heavy atom. The molecule has 2 N–H and O–H groups in total. The van der Waals surface area contributed by atoms with E-state index in [0.29, 0.717) is 19.3 Å². The largest absolute Gasteiger partial charge is 0.379 e. The molecule has 2 atom stereocenters. The Balaban J connectivity index is 1.47. The van der Waals surface area contributed by atoms with Crippen LogP contribution in [0.2, 0.25) is 0 Å². The SMILES string of the molecule is CN1C[C@H](C(=O)NN2CCOCC2)C=C2c3cccc4[nH]cc(c34)C[C@H]21. The molecule has 0 saturated carbocycles. The molecule has 6 nitrogen and oxygen atoms in total. The fraction of sp³-hybridized carbons (Fsp3) is 0.450. The lowest BCUT2D eigenvalue weighted by atomic mass is 9.80.